The summed E-state index contributed by atoms with van der Waals surface area (Å²) >= 11 is 1.13. The maximum absolute atomic E-state index is 11.6. The highest BCUT2D eigenvalue weighted by atomic mass is 32.1. The maximum atomic E-state index is 11.6. The van der Waals surface area contributed by atoms with Crippen molar-refractivity contribution in [3.63, 3.8) is 0 Å². The van der Waals surface area contributed by atoms with Crippen molar-refractivity contribution in [1.82, 2.24) is 0 Å². The molecular weight excluding hydrogens is 266 g/mol. The number of nitrogens with two attached hydrogens (primary N) is 1. The minimum Gasteiger partial charge on any atom is -0.465 e. The lowest BCUT2D eigenvalue weighted by Gasteiger charge is -2.19. The second kappa shape index (κ2) is 4.72. The van der Waals surface area contributed by atoms with Crippen molar-refractivity contribution in [2.45, 2.75) is 18.9 Å². The smallest absolute Gasteiger partial charge is 0.350 e. The molecule has 1 fully saturated rings. The van der Waals surface area contributed by atoms with Crippen LogP contribution in [0.2, 0.25) is 0 Å². The van der Waals surface area contributed by atoms with Gasteiger partial charge in [0.25, 0.3) is 0 Å². The maximum Gasteiger partial charge on any atom is 0.350 e. The van der Waals surface area contributed by atoms with Gasteiger partial charge in [-0.2, -0.15) is 5.26 Å². The Kier molecular flexibility index (Phi) is 3.39. The SMILES string of the molecule is COC(=O)c1sc(N2CCC(C)(O)C2)c(C#N)c1N. The standard InChI is InChI=1S/C12H15N3O3S/c1-12(17)3-4-15(6-12)10-7(5-13)8(14)9(19-10)11(16)18-2/h17H,3-4,6,14H2,1-2H3. The number of thiophene rings is 1. The van der Waals surface area contributed by atoms with Crippen molar-refractivity contribution >= 4 is 28.0 Å². The summed E-state index contributed by atoms with van der Waals surface area (Å²) in [6, 6.07) is 2.02. The fraction of sp³-hybridized carbons (Fsp3) is 0.500. The Labute approximate surface area is 115 Å². The molecule has 0 aromatic carbocycles. The molecule has 2 rings (SSSR count). The molecule has 0 amide bonds. The molecule has 1 aromatic heterocycles. The topological polar surface area (TPSA) is 99.6 Å². The first kappa shape index (κ1) is 13.6. The highest BCUT2D eigenvalue weighted by Crippen LogP contribution is 2.40. The third-order valence-electron chi connectivity index (χ3n) is 3.15. The highest BCUT2D eigenvalue weighted by molar-refractivity contribution is 7.18. The summed E-state index contributed by atoms with van der Waals surface area (Å²) in [5, 5.41) is 19.8. The molecule has 1 aliphatic rings. The first-order valence-electron chi connectivity index (χ1n) is 5.77. The molecule has 6 nitrogen and oxygen atoms in total. The first-order chi connectivity index (χ1) is 8.89. The number of anilines is 2. The minimum absolute atomic E-state index is 0.154. The van der Waals surface area contributed by atoms with Gasteiger partial charge in [0.05, 0.1) is 18.4 Å². The van der Waals surface area contributed by atoms with Gasteiger partial charge in [-0.3, -0.25) is 0 Å². The van der Waals surface area contributed by atoms with Gasteiger partial charge in [-0.1, -0.05) is 0 Å². The van der Waals surface area contributed by atoms with Gasteiger partial charge in [-0.05, 0) is 13.3 Å². The zero-order valence-electron chi connectivity index (χ0n) is 10.8. The molecule has 0 spiro atoms. The molecule has 3 N–H and O–H groups in total. The van der Waals surface area contributed by atoms with Crippen LogP contribution in [0.25, 0.3) is 0 Å². The number of nitriles is 1. The quantitative estimate of drug-likeness (QED) is 0.783. The third-order valence-corrected chi connectivity index (χ3v) is 4.39. The molecule has 1 aromatic rings. The number of β-amino-alcohol motifs (C(OH)–C–C–N with tert-alkyl or cyclic N) is 1. The van der Waals surface area contributed by atoms with Gasteiger partial charge in [0.15, 0.2) is 0 Å². The van der Waals surface area contributed by atoms with E-state index in [-0.39, 0.29) is 16.1 Å². The van der Waals surface area contributed by atoms with E-state index in [4.69, 9.17) is 5.73 Å². The Hall–Kier alpha value is -1.78. The lowest BCUT2D eigenvalue weighted by Crippen LogP contribution is -2.29. The molecule has 102 valence electrons. The average Bonchev–Trinajstić information content (AvgIpc) is 2.88. The van der Waals surface area contributed by atoms with Crippen LogP contribution in [0.3, 0.4) is 0 Å². The van der Waals surface area contributed by atoms with E-state index in [1.54, 1.807) is 6.92 Å². The van der Waals surface area contributed by atoms with Gasteiger partial charge >= 0.3 is 5.97 Å². The van der Waals surface area contributed by atoms with E-state index in [9.17, 15) is 15.2 Å². The van der Waals surface area contributed by atoms with Crippen LogP contribution in [-0.2, 0) is 4.74 Å². The van der Waals surface area contributed by atoms with E-state index >= 15 is 0 Å². The van der Waals surface area contributed by atoms with Gasteiger partial charge in [-0.15, -0.1) is 11.3 Å². The summed E-state index contributed by atoms with van der Waals surface area (Å²) in [6.07, 6.45) is 0.614. The minimum atomic E-state index is -0.781. The van der Waals surface area contributed by atoms with Crippen LogP contribution < -0.4 is 10.6 Å². The Morgan fingerprint density at radius 3 is 2.84 bits per heavy atom. The van der Waals surface area contributed by atoms with Gasteiger partial charge in [0.2, 0.25) is 0 Å². The van der Waals surface area contributed by atoms with E-state index in [0.717, 1.165) is 11.3 Å². The van der Waals surface area contributed by atoms with Crippen LogP contribution in [0.4, 0.5) is 10.7 Å². The zero-order chi connectivity index (χ0) is 14.2. The fourth-order valence-corrected chi connectivity index (χ4v) is 3.24. The summed E-state index contributed by atoms with van der Waals surface area (Å²) in [4.78, 5) is 13.7. The predicted molar refractivity (Wildman–Crippen MR) is 72.2 cm³/mol. The number of nitrogens with zero attached hydrogens (tertiary/aromatic N) is 2. The van der Waals surface area contributed by atoms with E-state index in [1.807, 2.05) is 11.0 Å². The van der Waals surface area contributed by atoms with Crippen LogP contribution in [0.15, 0.2) is 0 Å². The molecule has 7 heteroatoms. The molecule has 2 heterocycles. The van der Waals surface area contributed by atoms with Crippen molar-refractivity contribution in [3.8, 4) is 6.07 Å². The summed E-state index contributed by atoms with van der Waals surface area (Å²) in [6.45, 7) is 2.79. The molecule has 0 bridgehead atoms. The molecule has 1 unspecified atom stereocenters. The number of rotatable bonds is 2. The number of esters is 1. The second-order valence-electron chi connectivity index (χ2n) is 4.80. The van der Waals surface area contributed by atoms with Crippen LogP contribution in [0.5, 0.6) is 0 Å². The van der Waals surface area contributed by atoms with Crippen molar-refractivity contribution in [3.05, 3.63) is 10.4 Å². The van der Waals surface area contributed by atoms with Crippen LogP contribution >= 0.6 is 11.3 Å². The van der Waals surface area contributed by atoms with Gasteiger partial charge < -0.3 is 20.5 Å². The molecular formula is C12H15N3O3S. The fourth-order valence-electron chi connectivity index (χ4n) is 2.12. The van der Waals surface area contributed by atoms with E-state index in [1.165, 1.54) is 7.11 Å². The number of aliphatic hydroxyl groups is 1. The summed E-state index contributed by atoms with van der Waals surface area (Å²) in [5.41, 5.74) is 5.48. The van der Waals surface area contributed by atoms with E-state index in [0.29, 0.717) is 24.5 Å². The lowest BCUT2D eigenvalue weighted by molar-refractivity contribution is 0.0607. The monoisotopic (exact) mass is 281 g/mol. The molecule has 1 saturated heterocycles. The number of carbonyl (C=O) groups is 1. The van der Waals surface area contributed by atoms with Gasteiger partial charge in [0.1, 0.15) is 21.5 Å². The summed E-state index contributed by atoms with van der Waals surface area (Å²) in [5.74, 6) is -0.545. The molecule has 1 atom stereocenters. The Bertz CT molecular complexity index is 559. The molecule has 19 heavy (non-hydrogen) atoms. The number of hydrogen-bond donors (Lipinski definition) is 2. The number of methoxy groups -OCH3 is 1. The zero-order valence-corrected chi connectivity index (χ0v) is 11.6. The Morgan fingerprint density at radius 2 is 2.37 bits per heavy atom. The molecule has 1 aliphatic heterocycles. The largest absolute Gasteiger partial charge is 0.465 e. The summed E-state index contributed by atoms with van der Waals surface area (Å²) < 4.78 is 4.65. The number of nitrogen functional groups attached to an aromatic ring is 1. The number of hydrogen-bond acceptors (Lipinski definition) is 7. The van der Waals surface area contributed by atoms with Crippen molar-refractivity contribution in [2.75, 3.05) is 30.8 Å². The van der Waals surface area contributed by atoms with E-state index in [2.05, 4.69) is 4.74 Å². The number of carbonyl (C=O) groups excluding carboxylic acids is 1. The van der Waals surface area contributed by atoms with Gasteiger partial charge in [-0.25, -0.2) is 4.79 Å². The van der Waals surface area contributed by atoms with Gasteiger partial charge in [0, 0.05) is 13.1 Å². The average molecular weight is 281 g/mol. The first-order valence-corrected chi connectivity index (χ1v) is 6.59. The number of ether oxygens (including phenoxy) is 1. The van der Waals surface area contributed by atoms with Crippen molar-refractivity contribution < 1.29 is 14.6 Å². The second-order valence-corrected chi connectivity index (χ2v) is 5.80. The normalized spacial score (nSPS) is 22.3. The third kappa shape index (κ3) is 2.37. The van der Waals surface area contributed by atoms with Crippen LogP contribution in [0.1, 0.15) is 28.6 Å². The van der Waals surface area contributed by atoms with Crippen molar-refractivity contribution in [2.24, 2.45) is 0 Å². The molecule has 0 aliphatic carbocycles. The summed E-state index contributed by atoms with van der Waals surface area (Å²) in [7, 11) is 1.27. The van der Waals surface area contributed by atoms with Crippen molar-refractivity contribution in [1.29, 1.82) is 5.26 Å². The Morgan fingerprint density at radius 1 is 1.68 bits per heavy atom. The molecule has 0 saturated carbocycles. The highest BCUT2D eigenvalue weighted by Gasteiger charge is 2.35. The lowest BCUT2D eigenvalue weighted by atomic mass is 10.1. The van der Waals surface area contributed by atoms with Crippen LogP contribution in [0, 0.1) is 11.3 Å². The van der Waals surface area contributed by atoms with Crippen LogP contribution in [-0.4, -0.2) is 36.9 Å². The van der Waals surface area contributed by atoms with E-state index < -0.39 is 11.6 Å². The predicted octanol–water partition coefficient (Wildman–Crippen LogP) is 0.950. The Balaban J connectivity index is 2.42. The molecule has 0 radical (unpaired) electrons.